The number of carbonyl (C=O) groups excluding carboxylic acids is 1. The Bertz CT molecular complexity index is 1320. The van der Waals surface area contributed by atoms with E-state index >= 15 is 0 Å². The predicted molar refractivity (Wildman–Crippen MR) is 116 cm³/mol. The van der Waals surface area contributed by atoms with Gasteiger partial charge in [0.1, 0.15) is 0 Å². The Hall–Kier alpha value is -3.98. The van der Waals surface area contributed by atoms with Gasteiger partial charge in [0.15, 0.2) is 0 Å². The van der Waals surface area contributed by atoms with Gasteiger partial charge in [0.25, 0.3) is 15.9 Å². The molecule has 0 fully saturated rings. The Labute approximate surface area is 179 Å². The van der Waals surface area contributed by atoms with Crippen molar-refractivity contribution in [1.82, 2.24) is 10.2 Å². The second kappa shape index (κ2) is 8.41. The molecule has 0 saturated carbocycles. The van der Waals surface area contributed by atoms with Crippen LogP contribution in [0.2, 0.25) is 0 Å². The van der Waals surface area contributed by atoms with Crippen molar-refractivity contribution in [3.8, 4) is 11.5 Å². The summed E-state index contributed by atoms with van der Waals surface area (Å²) in [5, 5.41) is 10.3. The van der Waals surface area contributed by atoms with Crippen molar-refractivity contribution in [3.63, 3.8) is 0 Å². The Balaban J connectivity index is 1.48. The SMILES string of the molecule is Cc1ccc(S(=O)(=O)Nc2cccc(C(=O)Nc3nnc(-c4ccccc4)o3)c2)cc1. The molecule has 0 unspecified atom stereocenters. The molecule has 0 atom stereocenters. The second-order valence-electron chi connectivity index (χ2n) is 6.73. The van der Waals surface area contributed by atoms with E-state index < -0.39 is 15.9 Å². The number of hydrogen-bond acceptors (Lipinski definition) is 6. The van der Waals surface area contributed by atoms with Gasteiger partial charge in [-0.05, 0) is 49.4 Å². The highest BCUT2D eigenvalue weighted by Crippen LogP contribution is 2.21. The number of nitrogens with zero attached hydrogens (tertiary/aromatic N) is 2. The van der Waals surface area contributed by atoms with Crippen LogP contribution in [-0.4, -0.2) is 24.5 Å². The van der Waals surface area contributed by atoms with E-state index in [2.05, 4.69) is 20.2 Å². The van der Waals surface area contributed by atoms with E-state index in [4.69, 9.17) is 4.42 Å². The van der Waals surface area contributed by atoms with Crippen LogP contribution in [0.5, 0.6) is 0 Å². The van der Waals surface area contributed by atoms with Crippen LogP contribution in [0.4, 0.5) is 11.7 Å². The third kappa shape index (κ3) is 4.78. The number of rotatable bonds is 6. The van der Waals surface area contributed by atoms with Gasteiger partial charge in [-0.25, -0.2) is 8.42 Å². The van der Waals surface area contributed by atoms with E-state index in [0.717, 1.165) is 11.1 Å². The molecule has 1 heterocycles. The van der Waals surface area contributed by atoms with Crippen LogP contribution in [0.15, 0.2) is 88.2 Å². The van der Waals surface area contributed by atoms with Gasteiger partial charge in [-0.3, -0.25) is 14.8 Å². The second-order valence-corrected chi connectivity index (χ2v) is 8.41. The average Bonchev–Trinajstić information content (AvgIpc) is 3.23. The van der Waals surface area contributed by atoms with E-state index in [1.165, 1.54) is 18.2 Å². The summed E-state index contributed by atoms with van der Waals surface area (Å²) in [6.45, 7) is 1.87. The number of carbonyl (C=O) groups is 1. The molecule has 4 rings (SSSR count). The fraction of sp³-hybridized carbons (Fsp3) is 0.0455. The summed E-state index contributed by atoms with van der Waals surface area (Å²) in [6, 6.07) is 21.7. The first-order valence-corrected chi connectivity index (χ1v) is 10.8. The molecule has 156 valence electrons. The number of sulfonamides is 1. The molecule has 0 radical (unpaired) electrons. The van der Waals surface area contributed by atoms with E-state index in [1.54, 1.807) is 30.3 Å². The molecule has 0 aliphatic heterocycles. The minimum Gasteiger partial charge on any atom is -0.403 e. The lowest BCUT2D eigenvalue weighted by molar-refractivity contribution is 0.102. The molecule has 1 amide bonds. The molecule has 0 aliphatic carbocycles. The van der Waals surface area contributed by atoms with Crippen molar-refractivity contribution in [2.24, 2.45) is 0 Å². The van der Waals surface area contributed by atoms with Gasteiger partial charge in [0, 0.05) is 16.8 Å². The zero-order valence-electron chi connectivity index (χ0n) is 16.4. The highest BCUT2D eigenvalue weighted by molar-refractivity contribution is 7.92. The third-order valence-corrected chi connectivity index (χ3v) is 5.77. The van der Waals surface area contributed by atoms with Gasteiger partial charge in [-0.1, -0.05) is 47.1 Å². The zero-order chi connectivity index (χ0) is 21.8. The van der Waals surface area contributed by atoms with Gasteiger partial charge in [-0.15, -0.1) is 5.10 Å². The van der Waals surface area contributed by atoms with Gasteiger partial charge >= 0.3 is 6.01 Å². The highest BCUT2D eigenvalue weighted by Gasteiger charge is 2.16. The van der Waals surface area contributed by atoms with Crippen LogP contribution < -0.4 is 10.0 Å². The number of aryl methyl sites for hydroxylation is 1. The summed E-state index contributed by atoms with van der Waals surface area (Å²) in [6.07, 6.45) is 0. The lowest BCUT2D eigenvalue weighted by Crippen LogP contribution is -2.15. The molecule has 1 aromatic heterocycles. The van der Waals surface area contributed by atoms with Crippen LogP contribution in [0.25, 0.3) is 11.5 Å². The van der Waals surface area contributed by atoms with Gasteiger partial charge in [0.2, 0.25) is 5.89 Å². The lowest BCUT2D eigenvalue weighted by Gasteiger charge is -2.09. The molecule has 2 N–H and O–H groups in total. The van der Waals surface area contributed by atoms with Crippen LogP contribution in [0.1, 0.15) is 15.9 Å². The zero-order valence-corrected chi connectivity index (χ0v) is 17.3. The first-order chi connectivity index (χ1) is 14.9. The Kier molecular flexibility index (Phi) is 5.50. The van der Waals surface area contributed by atoms with E-state index in [1.807, 2.05) is 37.3 Å². The first-order valence-electron chi connectivity index (χ1n) is 9.30. The summed E-state index contributed by atoms with van der Waals surface area (Å²) in [4.78, 5) is 12.7. The summed E-state index contributed by atoms with van der Waals surface area (Å²) in [5.41, 5.74) is 2.16. The maximum absolute atomic E-state index is 12.6. The number of hydrogen-bond donors (Lipinski definition) is 2. The number of benzene rings is 3. The maximum atomic E-state index is 12.6. The lowest BCUT2D eigenvalue weighted by atomic mass is 10.2. The fourth-order valence-electron chi connectivity index (χ4n) is 2.80. The monoisotopic (exact) mass is 434 g/mol. The standard InChI is InChI=1S/C22H18N4O4S/c1-15-10-12-19(13-11-15)31(28,29)26-18-9-5-8-17(14-18)20(27)23-22-25-24-21(30-22)16-6-3-2-4-7-16/h2-14,26H,1H3,(H,23,25,27). The molecule has 31 heavy (non-hydrogen) atoms. The maximum Gasteiger partial charge on any atom is 0.322 e. The molecule has 3 aromatic carbocycles. The fourth-order valence-corrected chi connectivity index (χ4v) is 3.85. The first kappa shape index (κ1) is 20.3. The normalized spacial score (nSPS) is 11.1. The quantitative estimate of drug-likeness (QED) is 0.472. The number of anilines is 2. The topological polar surface area (TPSA) is 114 Å². The average molecular weight is 434 g/mol. The molecule has 0 aliphatic rings. The molecular formula is C22H18N4O4S. The van der Waals surface area contributed by atoms with Crippen molar-refractivity contribution >= 4 is 27.6 Å². The molecule has 9 heteroatoms. The van der Waals surface area contributed by atoms with Crippen LogP contribution in [0.3, 0.4) is 0 Å². The van der Waals surface area contributed by atoms with E-state index in [-0.39, 0.29) is 28.1 Å². The Morgan fingerprint density at radius 2 is 1.65 bits per heavy atom. The van der Waals surface area contributed by atoms with Crippen molar-refractivity contribution < 1.29 is 17.6 Å². The predicted octanol–water partition coefficient (Wildman–Crippen LogP) is 4.10. The smallest absolute Gasteiger partial charge is 0.322 e. The summed E-state index contributed by atoms with van der Waals surface area (Å²) in [7, 11) is -3.78. The molecular weight excluding hydrogens is 416 g/mol. The number of aromatic nitrogens is 2. The summed E-state index contributed by atoms with van der Waals surface area (Å²) >= 11 is 0. The Morgan fingerprint density at radius 1 is 0.903 bits per heavy atom. The molecule has 8 nitrogen and oxygen atoms in total. The minimum atomic E-state index is -3.78. The van der Waals surface area contributed by atoms with Crippen LogP contribution in [-0.2, 0) is 10.0 Å². The van der Waals surface area contributed by atoms with Crippen molar-refractivity contribution in [2.45, 2.75) is 11.8 Å². The molecule has 0 saturated heterocycles. The van der Waals surface area contributed by atoms with Crippen molar-refractivity contribution in [3.05, 3.63) is 90.0 Å². The van der Waals surface area contributed by atoms with Crippen LogP contribution in [0, 0.1) is 6.92 Å². The summed E-state index contributed by atoms with van der Waals surface area (Å²) < 4.78 is 33.1. The Morgan fingerprint density at radius 3 is 2.39 bits per heavy atom. The molecule has 0 bridgehead atoms. The number of nitrogens with one attached hydrogen (secondary N) is 2. The highest BCUT2D eigenvalue weighted by atomic mass is 32.2. The summed E-state index contributed by atoms with van der Waals surface area (Å²) in [5.74, 6) is -0.241. The van der Waals surface area contributed by atoms with E-state index in [9.17, 15) is 13.2 Å². The van der Waals surface area contributed by atoms with Crippen LogP contribution >= 0.6 is 0 Å². The van der Waals surface area contributed by atoms with Gasteiger partial charge in [0.05, 0.1) is 4.90 Å². The van der Waals surface area contributed by atoms with E-state index in [0.29, 0.717) is 0 Å². The largest absolute Gasteiger partial charge is 0.403 e. The number of amides is 1. The molecule has 0 spiro atoms. The third-order valence-electron chi connectivity index (χ3n) is 4.37. The van der Waals surface area contributed by atoms with Gasteiger partial charge < -0.3 is 4.42 Å². The van der Waals surface area contributed by atoms with Gasteiger partial charge in [-0.2, -0.15) is 0 Å². The van der Waals surface area contributed by atoms with Crippen molar-refractivity contribution in [2.75, 3.05) is 10.0 Å². The molecule has 4 aromatic rings. The minimum absolute atomic E-state index is 0.0607. The van der Waals surface area contributed by atoms with Crippen molar-refractivity contribution in [1.29, 1.82) is 0 Å².